The molecule has 0 spiro atoms. The molecule has 1 aliphatic rings. The molecule has 1 saturated heterocycles. The number of carbonyl (C=O) groups excluding carboxylic acids is 2. The summed E-state index contributed by atoms with van der Waals surface area (Å²) >= 11 is 0. The van der Waals surface area contributed by atoms with Crippen LogP contribution in [-0.2, 0) is 32.5 Å². The summed E-state index contributed by atoms with van der Waals surface area (Å²) in [6.07, 6.45) is 1.82. The van der Waals surface area contributed by atoms with E-state index >= 15 is 0 Å². The maximum absolute atomic E-state index is 12.7. The lowest BCUT2D eigenvalue weighted by molar-refractivity contribution is -0.119. The van der Waals surface area contributed by atoms with E-state index in [0.29, 0.717) is 18.8 Å². The first kappa shape index (κ1) is 22.8. The van der Waals surface area contributed by atoms with Crippen LogP contribution < -0.4 is 5.32 Å². The maximum Gasteiger partial charge on any atom is 0.410 e. The Morgan fingerprint density at radius 2 is 2.00 bits per heavy atom. The number of amides is 2. The molecule has 0 radical (unpaired) electrons. The highest BCUT2D eigenvalue weighted by molar-refractivity contribution is 7.91. The van der Waals surface area contributed by atoms with E-state index in [1.165, 1.54) is 9.58 Å². The zero-order valence-electron chi connectivity index (χ0n) is 17.8. The molecule has 168 valence electrons. The van der Waals surface area contributed by atoms with Crippen molar-refractivity contribution in [1.29, 1.82) is 0 Å². The van der Waals surface area contributed by atoms with Crippen molar-refractivity contribution in [2.75, 3.05) is 29.9 Å². The van der Waals surface area contributed by atoms with Gasteiger partial charge in [0.25, 0.3) is 0 Å². The summed E-state index contributed by atoms with van der Waals surface area (Å²) in [6, 6.07) is 9.42. The molecule has 1 aromatic carbocycles. The van der Waals surface area contributed by atoms with Gasteiger partial charge in [-0.1, -0.05) is 37.3 Å². The number of aromatic nitrogens is 2. The fraction of sp³-hybridized carbons (Fsp3) is 0.476. The van der Waals surface area contributed by atoms with E-state index in [-0.39, 0.29) is 43.0 Å². The Kier molecular flexibility index (Phi) is 7.32. The summed E-state index contributed by atoms with van der Waals surface area (Å²) in [6.45, 7) is 4.57. The van der Waals surface area contributed by atoms with Crippen LogP contribution in [0.25, 0.3) is 0 Å². The predicted molar refractivity (Wildman–Crippen MR) is 116 cm³/mol. The van der Waals surface area contributed by atoms with Gasteiger partial charge in [-0.15, -0.1) is 0 Å². The normalized spacial score (nSPS) is 16.3. The molecule has 1 unspecified atom stereocenters. The average Bonchev–Trinajstić information content (AvgIpc) is 3.39. The molecular formula is C21H28N4O5S. The van der Waals surface area contributed by atoms with E-state index in [9.17, 15) is 18.0 Å². The van der Waals surface area contributed by atoms with Crippen molar-refractivity contribution in [3.05, 3.63) is 47.7 Å². The van der Waals surface area contributed by atoms with Crippen LogP contribution in [0, 0.1) is 12.8 Å². The van der Waals surface area contributed by atoms with Crippen LogP contribution in [0.5, 0.6) is 0 Å². The highest BCUT2D eigenvalue weighted by Gasteiger charge is 2.32. The molecule has 1 atom stereocenters. The van der Waals surface area contributed by atoms with Crippen molar-refractivity contribution >= 4 is 27.7 Å². The molecule has 0 aliphatic carbocycles. The van der Waals surface area contributed by atoms with Gasteiger partial charge >= 0.3 is 6.09 Å². The highest BCUT2D eigenvalue weighted by Crippen LogP contribution is 2.20. The number of aryl methyl sites for hydroxylation is 2. The van der Waals surface area contributed by atoms with Gasteiger partial charge in [0, 0.05) is 30.6 Å². The van der Waals surface area contributed by atoms with Crippen molar-refractivity contribution in [3.63, 3.8) is 0 Å². The van der Waals surface area contributed by atoms with Gasteiger partial charge in [-0.2, -0.15) is 5.10 Å². The Hall–Kier alpha value is -2.88. The second kappa shape index (κ2) is 9.95. The molecule has 1 N–H and O–H groups in total. The number of rotatable bonds is 8. The van der Waals surface area contributed by atoms with Gasteiger partial charge in [-0.05, 0) is 18.9 Å². The number of carbonyl (C=O) groups is 2. The number of benzene rings is 1. The van der Waals surface area contributed by atoms with Crippen LogP contribution in [0.15, 0.2) is 36.5 Å². The highest BCUT2D eigenvalue weighted by atomic mass is 32.2. The number of sulfone groups is 1. The molecule has 1 aromatic heterocycles. The predicted octanol–water partition coefficient (Wildman–Crippen LogP) is 2.22. The first-order valence-electron chi connectivity index (χ1n) is 10.3. The van der Waals surface area contributed by atoms with Crippen molar-refractivity contribution in [3.8, 4) is 0 Å². The van der Waals surface area contributed by atoms with E-state index in [0.717, 1.165) is 11.1 Å². The van der Waals surface area contributed by atoms with Crippen LogP contribution in [0.2, 0.25) is 0 Å². The van der Waals surface area contributed by atoms with E-state index in [1.807, 2.05) is 30.3 Å². The summed E-state index contributed by atoms with van der Waals surface area (Å²) in [5.41, 5.74) is 1.65. The number of hydrogen-bond donors (Lipinski definition) is 1. The van der Waals surface area contributed by atoms with E-state index < -0.39 is 15.9 Å². The van der Waals surface area contributed by atoms with Crippen LogP contribution >= 0.6 is 0 Å². The Morgan fingerprint density at radius 3 is 2.71 bits per heavy atom. The quantitative estimate of drug-likeness (QED) is 0.663. The molecule has 3 rings (SSSR count). The smallest absolute Gasteiger partial charge is 0.410 e. The number of anilines is 1. The molecule has 1 fully saturated rings. The standard InChI is InChI=1S/C21H28N4O5S/c1-3-31(28,29)12-11-25-13-16(2)19(23-25)22-20(26)18-9-10-24(14-18)21(27)30-15-17-7-5-4-6-8-17/h4-8,13,18H,3,9-12,14-15H2,1-2H3,(H,22,23,26). The first-order chi connectivity index (χ1) is 14.8. The Morgan fingerprint density at radius 1 is 1.26 bits per heavy atom. The number of nitrogens with zero attached hydrogens (tertiary/aromatic N) is 3. The van der Waals surface area contributed by atoms with Gasteiger partial charge in [-0.25, -0.2) is 13.2 Å². The number of likely N-dealkylation sites (tertiary alicyclic amines) is 1. The zero-order chi connectivity index (χ0) is 22.4. The van der Waals surface area contributed by atoms with E-state index in [1.54, 1.807) is 20.0 Å². The lowest BCUT2D eigenvalue weighted by atomic mass is 10.1. The first-order valence-corrected chi connectivity index (χ1v) is 12.1. The lowest BCUT2D eigenvalue weighted by Gasteiger charge is -2.16. The van der Waals surface area contributed by atoms with Gasteiger partial charge in [0.2, 0.25) is 5.91 Å². The molecule has 9 nitrogen and oxygen atoms in total. The second-order valence-corrected chi connectivity index (χ2v) is 10.1. The SMILES string of the molecule is CCS(=O)(=O)CCn1cc(C)c(NC(=O)C2CCN(C(=O)OCc3ccccc3)C2)n1. The molecule has 1 aliphatic heterocycles. The van der Waals surface area contributed by atoms with Gasteiger partial charge < -0.3 is 15.0 Å². The minimum Gasteiger partial charge on any atom is -0.445 e. The average molecular weight is 449 g/mol. The van der Waals surface area contributed by atoms with Crippen molar-refractivity contribution in [2.45, 2.75) is 33.4 Å². The summed E-state index contributed by atoms with van der Waals surface area (Å²) in [4.78, 5) is 26.5. The fourth-order valence-electron chi connectivity index (χ4n) is 3.31. The number of nitrogens with one attached hydrogen (secondary N) is 1. The van der Waals surface area contributed by atoms with Crippen molar-refractivity contribution in [1.82, 2.24) is 14.7 Å². The summed E-state index contributed by atoms with van der Waals surface area (Å²) in [5, 5.41) is 7.09. The molecule has 2 heterocycles. The maximum atomic E-state index is 12.7. The molecule has 2 amide bonds. The van der Waals surface area contributed by atoms with Crippen molar-refractivity contribution < 1.29 is 22.7 Å². The van der Waals surface area contributed by atoms with Gasteiger partial charge in [0.15, 0.2) is 15.7 Å². The van der Waals surface area contributed by atoms with Gasteiger partial charge in [0.05, 0.1) is 18.2 Å². The minimum absolute atomic E-state index is 0.000679. The number of hydrogen-bond acceptors (Lipinski definition) is 6. The third-order valence-corrected chi connectivity index (χ3v) is 6.96. The van der Waals surface area contributed by atoms with Crippen LogP contribution in [0.3, 0.4) is 0 Å². The molecule has 0 saturated carbocycles. The van der Waals surface area contributed by atoms with Crippen LogP contribution in [-0.4, -0.2) is 59.7 Å². The van der Waals surface area contributed by atoms with Crippen LogP contribution in [0.1, 0.15) is 24.5 Å². The summed E-state index contributed by atoms with van der Waals surface area (Å²) in [7, 11) is -3.09. The van der Waals surface area contributed by atoms with Gasteiger partial charge in [-0.3, -0.25) is 9.48 Å². The number of ether oxygens (including phenoxy) is 1. The summed E-state index contributed by atoms with van der Waals surface area (Å²) < 4.78 is 30.2. The Labute approximate surface area is 182 Å². The zero-order valence-corrected chi connectivity index (χ0v) is 18.6. The second-order valence-electron chi connectivity index (χ2n) is 7.62. The topological polar surface area (TPSA) is 111 Å². The summed E-state index contributed by atoms with van der Waals surface area (Å²) in [5.74, 6) is -0.0741. The Bertz CT molecular complexity index is 1020. The lowest BCUT2D eigenvalue weighted by Crippen LogP contribution is -2.32. The minimum atomic E-state index is -3.09. The largest absolute Gasteiger partial charge is 0.445 e. The third-order valence-electron chi connectivity index (χ3n) is 5.28. The Balaban J connectivity index is 1.49. The van der Waals surface area contributed by atoms with Crippen LogP contribution in [0.4, 0.5) is 10.6 Å². The molecule has 2 aromatic rings. The molecule has 10 heteroatoms. The molecule has 31 heavy (non-hydrogen) atoms. The van der Waals surface area contributed by atoms with E-state index in [4.69, 9.17) is 4.74 Å². The van der Waals surface area contributed by atoms with E-state index in [2.05, 4.69) is 10.4 Å². The third kappa shape index (κ3) is 6.30. The molecule has 0 bridgehead atoms. The van der Waals surface area contributed by atoms with Gasteiger partial charge in [0.1, 0.15) is 6.61 Å². The molecular weight excluding hydrogens is 420 g/mol. The fourth-order valence-corrected chi connectivity index (χ4v) is 4.06. The monoisotopic (exact) mass is 448 g/mol. The van der Waals surface area contributed by atoms with Crippen molar-refractivity contribution in [2.24, 2.45) is 5.92 Å².